The van der Waals surface area contributed by atoms with Gasteiger partial charge in [0.1, 0.15) is 0 Å². The van der Waals surface area contributed by atoms with Crippen LogP contribution in [0, 0.1) is 17.0 Å². The highest BCUT2D eigenvalue weighted by atomic mass is 16.6. The van der Waals surface area contributed by atoms with Crippen LogP contribution in [0.15, 0.2) is 47.7 Å². The van der Waals surface area contributed by atoms with Gasteiger partial charge in [-0.15, -0.1) is 0 Å². The zero-order valence-corrected chi connectivity index (χ0v) is 10.3. The van der Waals surface area contributed by atoms with Gasteiger partial charge in [0.05, 0.1) is 11.1 Å². The average molecular weight is 256 g/mol. The van der Waals surface area contributed by atoms with E-state index in [4.69, 9.17) is 0 Å². The highest BCUT2D eigenvalue weighted by molar-refractivity contribution is 5.80. The quantitative estimate of drug-likeness (QED) is 0.518. The molecule has 1 aromatic carbocycles. The number of nitrogens with one attached hydrogen (secondary N) is 1. The van der Waals surface area contributed by atoms with Gasteiger partial charge in [0.2, 0.25) is 5.82 Å². The van der Waals surface area contributed by atoms with Crippen LogP contribution >= 0.6 is 0 Å². The summed E-state index contributed by atoms with van der Waals surface area (Å²) in [7, 11) is 0. The van der Waals surface area contributed by atoms with Gasteiger partial charge in [-0.3, -0.25) is 15.5 Å². The topological polar surface area (TPSA) is 80.4 Å². The lowest BCUT2D eigenvalue weighted by atomic mass is 10.2. The second kappa shape index (κ2) is 5.72. The Balaban J connectivity index is 2.10. The summed E-state index contributed by atoms with van der Waals surface area (Å²) in [5.41, 5.74) is 4.52. The maximum absolute atomic E-state index is 10.8. The fourth-order valence-corrected chi connectivity index (χ4v) is 1.45. The molecule has 0 amide bonds. The van der Waals surface area contributed by atoms with Crippen molar-refractivity contribution in [2.75, 3.05) is 5.43 Å². The van der Waals surface area contributed by atoms with Gasteiger partial charge in [-0.05, 0) is 18.6 Å². The zero-order valence-electron chi connectivity index (χ0n) is 10.3. The van der Waals surface area contributed by atoms with E-state index in [9.17, 15) is 10.1 Å². The number of aryl methyl sites for hydroxylation is 1. The van der Waals surface area contributed by atoms with Crippen LogP contribution in [0.4, 0.5) is 11.5 Å². The average Bonchev–Trinajstić information content (AvgIpc) is 2.41. The molecule has 1 heterocycles. The van der Waals surface area contributed by atoms with Crippen molar-refractivity contribution in [3.63, 3.8) is 0 Å². The zero-order chi connectivity index (χ0) is 13.7. The Hall–Kier alpha value is -2.76. The molecule has 6 heteroatoms. The van der Waals surface area contributed by atoms with Crippen molar-refractivity contribution < 1.29 is 4.92 Å². The normalized spacial score (nSPS) is 10.6. The molecule has 0 saturated carbocycles. The van der Waals surface area contributed by atoms with Gasteiger partial charge in [0.15, 0.2) is 0 Å². The molecule has 0 bridgehead atoms. The third-order valence-electron chi connectivity index (χ3n) is 2.44. The van der Waals surface area contributed by atoms with E-state index in [-0.39, 0.29) is 11.5 Å². The van der Waals surface area contributed by atoms with Crippen LogP contribution in [0.2, 0.25) is 0 Å². The van der Waals surface area contributed by atoms with E-state index < -0.39 is 4.92 Å². The molecule has 0 atom stereocenters. The van der Waals surface area contributed by atoms with E-state index in [0.29, 0.717) is 0 Å². The van der Waals surface area contributed by atoms with Gasteiger partial charge in [-0.1, -0.05) is 29.8 Å². The molecule has 0 fully saturated rings. The van der Waals surface area contributed by atoms with Crippen LogP contribution in [0.25, 0.3) is 0 Å². The Bertz CT molecular complexity index is 608. The second-order valence-electron chi connectivity index (χ2n) is 3.91. The maximum atomic E-state index is 10.8. The Morgan fingerprint density at radius 1 is 1.32 bits per heavy atom. The molecule has 0 radical (unpaired) electrons. The summed E-state index contributed by atoms with van der Waals surface area (Å²) in [4.78, 5) is 14.1. The van der Waals surface area contributed by atoms with Crippen molar-refractivity contribution in [3.8, 4) is 0 Å². The lowest BCUT2D eigenvalue weighted by Crippen LogP contribution is -1.98. The van der Waals surface area contributed by atoms with Crippen LogP contribution < -0.4 is 5.43 Å². The molecule has 2 aromatic rings. The number of benzene rings is 1. The molecule has 1 aromatic heterocycles. The predicted molar refractivity (Wildman–Crippen MR) is 73.3 cm³/mol. The summed E-state index contributed by atoms with van der Waals surface area (Å²) in [5.74, 6) is 0.121. The first-order chi connectivity index (χ1) is 9.16. The molecule has 6 nitrogen and oxygen atoms in total. The predicted octanol–water partition coefficient (Wildman–Crippen LogP) is 2.74. The van der Waals surface area contributed by atoms with Gasteiger partial charge in [0.25, 0.3) is 0 Å². The standard InChI is InChI=1S/C13H12N4O2/c1-10-4-6-11(7-5-10)9-15-16-13-12(17(18)19)3-2-8-14-13/h2-9H,1H3,(H,14,16)/b15-9-. The van der Waals surface area contributed by atoms with Crippen LogP contribution in [0.1, 0.15) is 11.1 Å². The molecule has 0 spiro atoms. The molecular formula is C13H12N4O2. The minimum atomic E-state index is -0.503. The summed E-state index contributed by atoms with van der Waals surface area (Å²) in [6.07, 6.45) is 3.05. The maximum Gasteiger partial charge on any atom is 0.313 e. The highest BCUT2D eigenvalue weighted by Crippen LogP contribution is 2.19. The summed E-state index contributed by atoms with van der Waals surface area (Å²) in [6, 6.07) is 10.6. The van der Waals surface area contributed by atoms with Crippen LogP contribution in [0.3, 0.4) is 0 Å². The molecule has 19 heavy (non-hydrogen) atoms. The van der Waals surface area contributed by atoms with Crippen LogP contribution in [-0.2, 0) is 0 Å². The largest absolute Gasteiger partial charge is 0.313 e. The van der Waals surface area contributed by atoms with E-state index in [1.165, 1.54) is 18.3 Å². The number of anilines is 1. The fourth-order valence-electron chi connectivity index (χ4n) is 1.45. The minimum Gasteiger partial charge on any atom is -0.258 e. The fraction of sp³-hybridized carbons (Fsp3) is 0.0769. The number of hydrogen-bond acceptors (Lipinski definition) is 5. The molecule has 0 aliphatic heterocycles. The molecule has 0 saturated heterocycles. The first-order valence-electron chi connectivity index (χ1n) is 5.62. The lowest BCUT2D eigenvalue weighted by Gasteiger charge is -2.00. The van der Waals surface area contributed by atoms with Crippen molar-refractivity contribution in [2.45, 2.75) is 6.92 Å². The van der Waals surface area contributed by atoms with Gasteiger partial charge < -0.3 is 0 Å². The molecule has 0 aliphatic rings. The van der Waals surface area contributed by atoms with Crippen molar-refractivity contribution in [1.29, 1.82) is 0 Å². The number of nitrogens with zero attached hydrogens (tertiary/aromatic N) is 3. The van der Waals surface area contributed by atoms with Crippen molar-refractivity contribution in [1.82, 2.24) is 4.98 Å². The number of pyridine rings is 1. The summed E-state index contributed by atoms with van der Waals surface area (Å²) < 4.78 is 0. The number of nitro groups is 1. The number of rotatable bonds is 4. The van der Waals surface area contributed by atoms with Crippen molar-refractivity contribution in [2.24, 2.45) is 5.10 Å². The van der Waals surface area contributed by atoms with Crippen LogP contribution in [-0.4, -0.2) is 16.1 Å². The summed E-state index contributed by atoms with van der Waals surface area (Å²) in [5, 5.41) is 14.7. The summed E-state index contributed by atoms with van der Waals surface area (Å²) >= 11 is 0. The van der Waals surface area contributed by atoms with Gasteiger partial charge in [0, 0.05) is 12.3 Å². The Morgan fingerprint density at radius 2 is 2.05 bits per heavy atom. The van der Waals surface area contributed by atoms with Gasteiger partial charge in [-0.2, -0.15) is 5.10 Å². The third kappa shape index (κ3) is 3.35. The molecule has 96 valence electrons. The first-order valence-corrected chi connectivity index (χ1v) is 5.62. The van der Waals surface area contributed by atoms with E-state index in [0.717, 1.165) is 11.1 Å². The molecule has 2 rings (SSSR count). The van der Waals surface area contributed by atoms with E-state index in [2.05, 4.69) is 15.5 Å². The van der Waals surface area contributed by atoms with Gasteiger partial charge >= 0.3 is 5.69 Å². The van der Waals surface area contributed by atoms with Crippen molar-refractivity contribution in [3.05, 3.63) is 63.8 Å². The SMILES string of the molecule is Cc1ccc(/C=N\Nc2ncccc2[N+](=O)[O-])cc1. The van der Waals surface area contributed by atoms with Crippen LogP contribution in [0.5, 0.6) is 0 Å². The lowest BCUT2D eigenvalue weighted by molar-refractivity contribution is -0.384. The monoisotopic (exact) mass is 256 g/mol. The number of hydrogen-bond donors (Lipinski definition) is 1. The molecule has 0 aliphatic carbocycles. The minimum absolute atomic E-state index is 0.108. The first kappa shape index (κ1) is 12.7. The smallest absolute Gasteiger partial charge is 0.258 e. The number of hydrazone groups is 1. The Kier molecular flexibility index (Phi) is 3.82. The molecule has 0 unspecified atom stereocenters. The van der Waals surface area contributed by atoms with E-state index >= 15 is 0 Å². The third-order valence-corrected chi connectivity index (χ3v) is 2.44. The van der Waals surface area contributed by atoms with E-state index in [1.54, 1.807) is 6.21 Å². The molecule has 1 N–H and O–H groups in total. The van der Waals surface area contributed by atoms with E-state index in [1.807, 2.05) is 31.2 Å². The van der Waals surface area contributed by atoms with Gasteiger partial charge in [-0.25, -0.2) is 4.98 Å². The van der Waals surface area contributed by atoms with Crippen molar-refractivity contribution >= 4 is 17.7 Å². The summed E-state index contributed by atoms with van der Waals surface area (Å²) in [6.45, 7) is 2.00. The Labute approximate surface area is 110 Å². The molecular weight excluding hydrogens is 244 g/mol. The highest BCUT2D eigenvalue weighted by Gasteiger charge is 2.12. The second-order valence-corrected chi connectivity index (χ2v) is 3.91. The number of aromatic nitrogens is 1. The Morgan fingerprint density at radius 3 is 2.74 bits per heavy atom.